The maximum Gasteiger partial charge on any atom is 0.267 e. The minimum atomic E-state index is -3.19. The highest BCUT2D eigenvalue weighted by atomic mass is 35.5. The Kier molecular flexibility index (Phi) is 7.59. The summed E-state index contributed by atoms with van der Waals surface area (Å²) in [6, 6.07) is 10.1. The summed E-state index contributed by atoms with van der Waals surface area (Å²) in [5.41, 5.74) is 2.36. The number of halogens is 2. The average Bonchev–Trinajstić information content (AvgIpc) is 3.02. The van der Waals surface area contributed by atoms with Gasteiger partial charge in [0, 0.05) is 15.6 Å². The zero-order valence-electron chi connectivity index (χ0n) is 17.1. The van der Waals surface area contributed by atoms with Crippen molar-refractivity contribution in [2.24, 2.45) is 0 Å². The van der Waals surface area contributed by atoms with Gasteiger partial charge in [0.05, 0.1) is 30.2 Å². The van der Waals surface area contributed by atoms with Gasteiger partial charge in [-0.3, -0.25) is 4.79 Å². The number of benzene rings is 2. The molecule has 1 amide bonds. The summed E-state index contributed by atoms with van der Waals surface area (Å²) < 4.78 is 25.9. The minimum absolute atomic E-state index is 0.193. The molecule has 0 aliphatic carbocycles. The lowest BCUT2D eigenvalue weighted by molar-refractivity contribution is 0.0775. The highest BCUT2D eigenvalue weighted by Gasteiger charge is 2.22. The molecule has 0 aliphatic rings. The molecular formula is C21H23Cl2N3O4S. The van der Waals surface area contributed by atoms with Crippen LogP contribution in [0.1, 0.15) is 41.5 Å². The number of hydrogen-bond acceptors (Lipinski definition) is 5. The molecule has 31 heavy (non-hydrogen) atoms. The second kappa shape index (κ2) is 9.99. The summed E-state index contributed by atoms with van der Waals surface area (Å²) in [5, 5.41) is 11.0. The van der Waals surface area contributed by atoms with Crippen LogP contribution in [-0.4, -0.2) is 45.9 Å². The zero-order chi connectivity index (χ0) is 22.7. The molecule has 2 aromatic carbocycles. The van der Waals surface area contributed by atoms with Gasteiger partial charge in [0.2, 0.25) is 10.9 Å². The Balaban J connectivity index is 1.97. The molecule has 3 aromatic rings. The minimum Gasteiger partial charge on any atom is -0.391 e. The fraction of sp³-hybridized carbons (Fsp3) is 0.333. The number of fused-ring (bicyclic) bond motifs is 1. The van der Waals surface area contributed by atoms with Crippen molar-refractivity contribution in [2.75, 3.05) is 6.54 Å². The standard InChI is InChI=1S/C21H23Cl2N3O4S/c1-3-4-17(27)12-26(31(29)30)21(28)14-6-8-19-20(9-14)25(13(2)24-19)11-15-5-7-16(22)10-18(15)23/h5-10,17,27,31H,3-4,11-12H2,1-2H3. The van der Waals surface area contributed by atoms with Crippen molar-refractivity contribution in [3.05, 3.63) is 63.4 Å². The quantitative estimate of drug-likeness (QED) is 0.475. The molecule has 0 saturated heterocycles. The van der Waals surface area contributed by atoms with Crippen LogP contribution < -0.4 is 0 Å². The normalized spacial score (nSPS) is 12.5. The Morgan fingerprint density at radius 3 is 2.61 bits per heavy atom. The van der Waals surface area contributed by atoms with Crippen LogP contribution in [0.25, 0.3) is 11.0 Å². The van der Waals surface area contributed by atoms with Crippen LogP contribution in [0.15, 0.2) is 36.4 Å². The number of hydrogen-bond donors (Lipinski definition) is 2. The molecular weight excluding hydrogens is 461 g/mol. The first-order valence-corrected chi connectivity index (χ1v) is 11.6. The van der Waals surface area contributed by atoms with E-state index in [0.29, 0.717) is 44.8 Å². The van der Waals surface area contributed by atoms with Gasteiger partial charge in [-0.25, -0.2) is 17.7 Å². The number of aryl methyl sites for hydroxylation is 1. The van der Waals surface area contributed by atoms with E-state index in [2.05, 4.69) is 4.98 Å². The van der Waals surface area contributed by atoms with Crippen LogP contribution in [0.2, 0.25) is 10.0 Å². The van der Waals surface area contributed by atoms with Gasteiger partial charge in [-0.1, -0.05) is 42.6 Å². The van der Waals surface area contributed by atoms with Crippen molar-refractivity contribution in [1.29, 1.82) is 0 Å². The Morgan fingerprint density at radius 2 is 1.97 bits per heavy atom. The van der Waals surface area contributed by atoms with Crippen LogP contribution in [0.3, 0.4) is 0 Å². The van der Waals surface area contributed by atoms with Crippen LogP contribution in [0, 0.1) is 6.92 Å². The highest BCUT2D eigenvalue weighted by molar-refractivity contribution is 7.70. The Morgan fingerprint density at radius 1 is 1.23 bits per heavy atom. The molecule has 0 aliphatic heterocycles. The molecule has 0 spiro atoms. The van der Waals surface area contributed by atoms with E-state index in [4.69, 9.17) is 23.2 Å². The number of thiol groups is 1. The molecule has 1 unspecified atom stereocenters. The number of aliphatic hydroxyl groups excluding tert-OH is 1. The van der Waals surface area contributed by atoms with Gasteiger partial charge in [-0.15, -0.1) is 0 Å². The first-order valence-electron chi connectivity index (χ1n) is 9.76. The third kappa shape index (κ3) is 5.38. The van der Waals surface area contributed by atoms with Gasteiger partial charge >= 0.3 is 0 Å². The van der Waals surface area contributed by atoms with Crippen LogP contribution in [0.4, 0.5) is 0 Å². The van der Waals surface area contributed by atoms with Crippen molar-refractivity contribution < 1.29 is 18.3 Å². The monoisotopic (exact) mass is 483 g/mol. The lowest BCUT2D eigenvalue weighted by Crippen LogP contribution is -2.36. The number of aromatic nitrogens is 2. The van der Waals surface area contributed by atoms with Crippen molar-refractivity contribution in [1.82, 2.24) is 13.9 Å². The summed E-state index contributed by atoms with van der Waals surface area (Å²) in [6.45, 7) is 3.84. The first-order chi connectivity index (χ1) is 14.7. The molecule has 1 N–H and O–H groups in total. The van der Waals surface area contributed by atoms with Gasteiger partial charge in [0.1, 0.15) is 5.82 Å². The number of nitrogens with zero attached hydrogens (tertiary/aromatic N) is 3. The van der Waals surface area contributed by atoms with E-state index in [1.54, 1.807) is 24.3 Å². The van der Waals surface area contributed by atoms with Gasteiger partial charge in [-0.2, -0.15) is 0 Å². The van der Waals surface area contributed by atoms with Gasteiger partial charge in [0.25, 0.3) is 5.91 Å². The number of carbonyl (C=O) groups is 1. The van der Waals surface area contributed by atoms with Crippen LogP contribution in [0.5, 0.6) is 0 Å². The maximum atomic E-state index is 12.9. The molecule has 0 saturated carbocycles. The number of imidazole rings is 1. The van der Waals surface area contributed by atoms with Crippen LogP contribution >= 0.6 is 23.2 Å². The topological polar surface area (TPSA) is 92.5 Å². The predicted octanol–water partition coefficient (Wildman–Crippen LogP) is 3.83. The largest absolute Gasteiger partial charge is 0.391 e. The van der Waals surface area contributed by atoms with Gasteiger partial charge in [0.15, 0.2) is 0 Å². The summed E-state index contributed by atoms with van der Waals surface area (Å²) >= 11 is 12.3. The Hall–Kier alpha value is -2.13. The predicted molar refractivity (Wildman–Crippen MR) is 122 cm³/mol. The third-order valence-corrected chi connectivity index (χ3v) is 6.29. The molecule has 0 radical (unpaired) electrons. The number of amides is 1. The highest BCUT2D eigenvalue weighted by Crippen LogP contribution is 2.25. The SMILES string of the molecule is CCCC(O)CN(C(=O)c1ccc2nc(C)n(Cc3ccc(Cl)cc3Cl)c2c1)[SH](=O)=O. The smallest absolute Gasteiger partial charge is 0.267 e. The van der Waals surface area contributed by atoms with Crippen molar-refractivity contribution in [3.8, 4) is 0 Å². The molecule has 1 heterocycles. The van der Waals surface area contributed by atoms with E-state index in [0.717, 1.165) is 11.4 Å². The molecule has 1 aromatic heterocycles. The van der Waals surface area contributed by atoms with Crippen molar-refractivity contribution >= 4 is 51.0 Å². The van der Waals surface area contributed by atoms with Crippen molar-refractivity contribution in [3.63, 3.8) is 0 Å². The van der Waals surface area contributed by atoms with E-state index in [1.807, 2.05) is 24.5 Å². The second-order valence-electron chi connectivity index (χ2n) is 7.25. The fourth-order valence-electron chi connectivity index (χ4n) is 3.39. The number of rotatable bonds is 8. The summed E-state index contributed by atoms with van der Waals surface area (Å²) in [6.07, 6.45) is 0.168. The third-order valence-electron chi connectivity index (χ3n) is 4.97. The average molecular weight is 484 g/mol. The summed E-state index contributed by atoms with van der Waals surface area (Å²) in [7, 11) is -3.19. The van der Waals surface area contributed by atoms with E-state index in [1.165, 1.54) is 6.07 Å². The maximum absolute atomic E-state index is 12.9. The summed E-state index contributed by atoms with van der Waals surface area (Å²) in [4.78, 5) is 17.4. The van der Waals surface area contributed by atoms with E-state index in [-0.39, 0.29) is 12.1 Å². The molecule has 166 valence electrons. The van der Waals surface area contributed by atoms with Gasteiger partial charge in [-0.05, 0) is 49.2 Å². The molecule has 3 rings (SSSR count). The van der Waals surface area contributed by atoms with Gasteiger partial charge < -0.3 is 9.67 Å². The molecule has 0 fully saturated rings. The molecule has 10 heteroatoms. The lowest BCUT2D eigenvalue weighted by Gasteiger charge is -2.19. The lowest BCUT2D eigenvalue weighted by atomic mass is 10.1. The zero-order valence-corrected chi connectivity index (χ0v) is 19.5. The fourth-order valence-corrected chi connectivity index (χ4v) is 4.45. The summed E-state index contributed by atoms with van der Waals surface area (Å²) in [5.74, 6) is 0.0267. The molecule has 0 bridgehead atoms. The van der Waals surface area contributed by atoms with E-state index >= 15 is 0 Å². The number of carbonyl (C=O) groups excluding carboxylic acids is 1. The second-order valence-corrected chi connectivity index (χ2v) is 9.05. The Bertz CT molecular complexity index is 1180. The number of aliphatic hydroxyl groups is 1. The first kappa shape index (κ1) is 23.5. The van der Waals surface area contributed by atoms with E-state index in [9.17, 15) is 18.3 Å². The van der Waals surface area contributed by atoms with Crippen LogP contribution in [-0.2, 0) is 17.4 Å². The van der Waals surface area contributed by atoms with E-state index < -0.39 is 22.9 Å². The Labute approximate surface area is 192 Å². The molecule has 1 atom stereocenters. The molecule has 7 nitrogen and oxygen atoms in total. The van der Waals surface area contributed by atoms with Crippen molar-refractivity contribution in [2.45, 2.75) is 39.3 Å².